The first-order chi connectivity index (χ1) is 11.8. The number of halogens is 4. The molecular weight excluding hydrogens is 334 g/mol. The van der Waals surface area contributed by atoms with Crippen LogP contribution in [0.3, 0.4) is 0 Å². The molecule has 2 aromatic carbocycles. The van der Waals surface area contributed by atoms with E-state index in [4.69, 9.17) is 0 Å². The van der Waals surface area contributed by atoms with Gasteiger partial charge in [0.25, 0.3) is 0 Å². The third-order valence-electron chi connectivity index (χ3n) is 3.81. The van der Waals surface area contributed by atoms with Gasteiger partial charge in [0.15, 0.2) is 5.43 Å². The van der Waals surface area contributed by atoms with E-state index in [2.05, 4.69) is 0 Å². The highest BCUT2D eigenvalue weighted by Crippen LogP contribution is 2.31. The maximum absolute atomic E-state index is 13.1. The fourth-order valence-electron chi connectivity index (χ4n) is 2.61. The number of aryl methyl sites for hydroxylation is 1. The smallest absolute Gasteiger partial charge is 0.356 e. The van der Waals surface area contributed by atoms with Gasteiger partial charge in [0.05, 0.1) is 5.56 Å². The Kier molecular flexibility index (Phi) is 4.20. The molecule has 3 aromatic rings. The Hall–Kier alpha value is -2.89. The molecule has 2 nitrogen and oxygen atoms in total. The van der Waals surface area contributed by atoms with Crippen molar-refractivity contribution in [2.75, 3.05) is 0 Å². The third kappa shape index (κ3) is 3.47. The quantitative estimate of drug-likeness (QED) is 0.606. The van der Waals surface area contributed by atoms with Crippen molar-refractivity contribution in [1.29, 1.82) is 0 Å². The van der Waals surface area contributed by atoms with E-state index in [1.807, 2.05) is 0 Å². The second-order valence-corrected chi connectivity index (χ2v) is 5.67. The molecule has 0 atom stereocenters. The fraction of sp³-hybridized carbons (Fsp3) is 0.105. The number of nitrogens with zero attached hydrogens (tertiary/aromatic N) is 1. The third-order valence-corrected chi connectivity index (χ3v) is 3.81. The molecule has 0 aliphatic carbocycles. The Morgan fingerprint density at radius 2 is 1.48 bits per heavy atom. The maximum Gasteiger partial charge on any atom is 0.416 e. The molecule has 0 saturated carbocycles. The van der Waals surface area contributed by atoms with Crippen molar-refractivity contribution in [2.24, 2.45) is 7.05 Å². The number of aromatic nitrogens is 1. The number of pyridine rings is 1. The van der Waals surface area contributed by atoms with E-state index in [0.717, 1.165) is 12.1 Å². The second kappa shape index (κ2) is 6.20. The van der Waals surface area contributed by atoms with Crippen LogP contribution in [0, 0.1) is 5.82 Å². The minimum Gasteiger partial charge on any atom is -0.356 e. The lowest BCUT2D eigenvalue weighted by Gasteiger charge is -2.11. The van der Waals surface area contributed by atoms with Crippen molar-refractivity contribution < 1.29 is 17.6 Å². The van der Waals surface area contributed by atoms with E-state index < -0.39 is 23.0 Å². The molecule has 3 rings (SSSR count). The van der Waals surface area contributed by atoms with Crippen LogP contribution in [0.15, 0.2) is 65.7 Å². The van der Waals surface area contributed by atoms with Crippen LogP contribution in [0.25, 0.3) is 22.3 Å². The van der Waals surface area contributed by atoms with Crippen molar-refractivity contribution in [3.05, 3.63) is 82.5 Å². The first-order valence-corrected chi connectivity index (χ1v) is 7.39. The normalized spacial score (nSPS) is 11.6. The van der Waals surface area contributed by atoms with Gasteiger partial charge in [0.2, 0.25) is 0 Å². The first-order valence-electron chi connectivity index (χ1n) is 7.39. The summed E-state index contributed by atoms with van der Waals surface area (Å²) in [5.74, 6) is -0.436. The average molecular weight is 347 g/mol. The highest BCUT2D eigenvalue weighted by molar-refractivity contribution is 5.72. The largest absolute Gasteiger partial charge is 0.416 e. The highest BCUT2D eigenvalue weighted by atomic mass is 19.4. The zero-order valence-corrected chi connectivity index (χ0v) is 13.1. The van der Waals surface area contributed by atoms with Crippen molar-refractivity contribution in [3.63, 3.8) is 0 Å². The van der Waals surface area contributed by atoms with Crippen LogP contribution in [0.2, 0.25) is 0 Å². The maximum atomic E-state index is 13.1. The predicted octanol–water partition coefficient (Wildman–Crippen LogP) is 4.88. The zero-order chi connectivity index (χ0) is 18.2. The van der Waals surface area contributed by atoms with Gasteiger partial charge in [-0.2, -0.15) is 13.2 Å². The number of benzene rings is 2. The van der Waals surface area contributed by atoms with E-state index in [9.17, 15) is 22.4 Å². The molecule has 1 heterocycles. The van der Waals surface area contributed by atoms with Gasteiger partial charge in [-0.15, -0.1) is 0 Å². The molecule has 0 unspecified atom stereocenters. The molecule has 6 heteroatoms. The van der Waals surface area contributed by atoms with Crippen molar-refractivity contribution in [1.82, 2.24) is 4.57 Å². The molecule has 128 valence electrons. The number of hydrogen-bond acceptors (Lipinski definition) is 1. The van der Waals surface area contributed by atoms with Gasteiger partial charge in [-0.1, -0.05) is 24.3 Å². The zero-order valence-electron chi connectivity index (χ0n) is 13.1. The summed E-state index contributed by atoms with van der Waals surface area (Å²) in [4.78, 5) is 12.8. The summed E-state index contributed by atoms with van der Waals surface area (Å²) in [6, 6.07) is 10.0. The summed E-state index contributed by atoms with van der Waals surface area (Å²) < 4.78 is 53.5. The molecule has 0 saturated heterocycles. The van der Waals surface area contributed by atoms with Gasteiger partial charge < -0.3 is 4.57 Å². The van der Waals surface area contributed by atoms with Gasteiger partial charge in [-0.05, 0) is 35.4 Å². The number of hydrogen-bond donors (Lipinski definition) is 0. The topological polar surface area (TPSA) is 22.0 Å². The summed E-state index contributed by atoms with van der Waals surface area (Å²) in [5, 5.41) is 0. The van der Waals surface area contributed by atoms with Crippen LogP contribution in [-0.4, -0.2) is 4.57 Å². The second-order valence-electron chi connectivity index (χ2n) is 5.67. The lowest BCUT2D eigenvalue weighted by Crippen LogP contribution is -2.12. The predicted molar refractivity (Wildman–Crippen MR) is 87.5 cm³/mol. The Labute approximate surface area is 141 Å². The van der Waals surface area contributed by atoms with Crippen LogP contribution in [0.5, 0.6) is 0 Å². The molecule has 0 aliphatic heterocycles. The molecule has 0 fully saturated rings. The Morgan fingerprint density at radius 3 is 2.08 bits per heavy atom. The fourth-order valence-corrected chi connectivity index (χ4v) is 2.61. The Bertz CT molecular complexity index is 972. The van der Waals surface area contributed by atoms with Gasteiger partial charge in [0.1, 0.15) is 5.82 Å². The number of alkyl halides is 3. The summed E-state index contributed by atoms with van der Waals surface area (Å²) in [6.45, 7) is 0. The van der Waals surface area contributed by atoms with Gasteiger partial charge in [-0.3, -0.25) is 4.79 Å². The lowest BCUT2D eigenvalue weighted by molar-refractivity contribution is -0.137. The van der Waals surface area contributed by atoms with Gasteiger partial charge >= 0.3 is 6.18 Å². The highest BCUT2D eigenvalue weighted by Gasteiger charge is 2.30. The van der Waals surface area contributed by atoms with E-state index in [1.54, 1.807) is 17.8 Å². The summed E-state index contributed by atoms with van der Waals surface area (Å²) in [5.41, 5.74) is -0.119. The van der Waals surface area contributed by atoms with E-state index in [1.165, 1.54) is 42.6 Å². The van der Waals surface area contributed by atoms with Crippen LogP contribution in [0.1, 0.15) is 5.56 Å². The summed E-state index contributed by atoms with van der Waals surface area (Å²) >= 11 is 0. The van der Waals surface area contributed by atoms with Crippen molar-refractivity contribution in [2.45, 2.75) is 6.18 Å². The molecule has 0 N–H and O–H groups in total. The molecule has 0 aliphatic rings. The van der Waals surface area contributed by atoms with E-state index in [0.29, 0.717) is 5.56 Å². The lowest BCUT2D eigenvalue weighted by atomic mass is 9.99. The molecule has 0 radical (unpaired) electrons. The molecular formula is C19H13F4NO. The minimum atomic E-state index is -4.49. The van der Waals surface area contributed by atoms with Gasteiger partial charge in [-0.25, -0.2) is 4.39 Å². The average Bonchev–Trinajstić information content (AvgIpc) is 2.57. The monoisotopic (exact) mass is 347 g/mol. The van der Waals surface area contributed by atoms with Crippen LogP contribution < -0.4 is 5.43 Å². The summed E-state index contributed by atoms with van der Waals surface area (Å²) in [7, 11) is 1.67. The van der Waals surface area contributed by atoms with Gasteiger partial charge in [0, 0.05) is 30.6 Å². The number of rotatable bonds is 2. The van der Waals surface area contributed by atoms with Crippen LogP contribution >= 0.6 is 0 Å². The first kappa shape index (κ1) is 17.0. The summed E-state index contributed by atoms with van der Waals surface area (Å²) in [6.07, 6.45) is -1.45. The van der Waals surface area contributed by atoms with Crippen molar-refractivity contribution in [3.8, 4) is 22.3 Å². The Morgan fingerprint density at radius 1 is 0.880 bits per heavy atom. The minimum absolute atomic E-state index is 0.149. The molecule has 25 heavy (non-hydrogen) atoms. The van der Waals surface area contributed by atoms with E-state index >= 15 is 0 Å². The molecule has 0 bridgehead atoms. The van der Waals surface area contributed by atoms with E-state index in [-0.39, 0.29) is 16.7 Å². The standard InChI is InChI=1S/C19H13F4NO/c1-24-10-16(12-5-7-15(20)8-6-12)18(25)17(11-24)13-3-2-4-14(9-13)19(21,22)23/h2-11H,1H3. The molecule has 0 amide bonds. The molecule has 0 spiro atoms. The SMILES string of the molecule is Cn1cc(-c2ccc(F)cc2)c(=O)c(-c2cccc(C(F)(F)F)c2)c1. The van der Waals surface area contributed by atoms with Crippen LogP contribution in [0.4, 0.5) is 17.6 Å². The Balaban J connectivity index is 2.19. The molecule has 1 aromatic heterocycles. The van der Waals surface area contributed by atoms with Crippen molar-refractivity contribution >= 4 is 0 Å². The van der Waals surface area contributed by atoms with Crippen LogP contribution in [-0.2, 0) is 13.2 Å².